The Morgan fingerprint density at radius 1 is 1.54 bits per heavy atom. The Morgan fingerprint density at radius 2 is 2.23 bits per heavy atom. The zero-order valence-corrected chi connectivity index (χ0v) is 8.68. The normalized spacial score (nSPS) is 11.0. The van der Waals surface area contributed by atoms with Crippen LogP contribution < -0.4 is 10.1 Å². The van der Waals surface area contributed by atoms with Crippen LogP contribution in [-0.2, 0) is 14.1 Å². The van der Waals surface area contributed by atoms with Crippen LogP contribution in [-0.4, -0.2) is 3.96 Å². The van der Waals surface area contributed by atoms with Crippen LogP contribution in [0, 0.1) is 6.92 Å². The molecular weight excluding hydrogens is 184 g/mol. The number of nitrogens with zero attached hydrogens (tertiary/aromatic N) is 2. The third-order valence-corrected chi connectivity index (χ3v) is 3.30. The average molecular weight is 195 g/mol. The van der Waals surface area contributed by atoms with E-state index in [1.54, 1.807) is 11.0 Å². The zero-order chi connectivity index (χ0) is 9.59. The molecule has 68 valence electrons. The van der Waals surface area contributed by atoms with Gasteiger partial charge >= 0.3 is 0 Å². The third-order valence-electron chi connectivity index (χ3n) is 2.20. The molecule has 0 spiro atoms. The minimum absolute atomic E-state index is 0.105. The van der Waals surface area contributed by atoms with Crippen LogP contribution in [0.25, 0.3) is 10.2 Å². The predicted molar refractivity (Wildman–Crippen MR) is 53.0 cm³/mol. The smallest absolute Gasteiger partial charge is 0.267 e. The molecule has 0 aliphatic carbocycles. The van der Waals surface area contributed by atoms with Gasteiger partial charge in [-0.1, -0.05) is 0 Å². The van der Waals surface area contributed by atoms with Crippen molar-refractivity contribution < 1.29 is 4.57 Å². The fourth-order valence-corrected chi connectivity index (χ4v) is 2.38. The van der Waals surface area contributed by atoms with Gasteiger partial charge in [0.05, 0.1) is 0 Å². The summed E-state index contributed by atoms with van der Waals surface area (Å²) in [4.78, 5) is 12.7. The summed E-state index contributed by atoms with van der Waals surface area (Å²) in [6.07, 6.45) is 1.98. The Kier molecular flexibility index (Phi) is 1.73. The van der Waals surface area contributed by atoms with Crippen molar-refractivity contribution in [1.29, 1.82) is 0 Å². The Hall–Kier alpha value is -1.16. The first-order valence-electron chi connectivity index (χ1n) is 4.06. The molecule has 2 aromatic rings. The molecule has 0 bridgehead atoms. The number of rotatable bonds is 0. The summed E-state index contributed by atoms with van der Waals surface area (Å²) in [6, 6.07) is 1.97. The molecule has 0 unspecified atom stereocenters. The van der Waals surface area contributed by atoms with E-state index in [2.05, 4.69) is 0 Å². The van der Waals surface area contributed by atoms with E-state index in [4.69, 9.17) is 0 Å². The van der Waals surface area contributed by atoms with E-state index in [9.17, 15) is 4.79 Å². The molecule has 2 aromatic heterocycles. The molecule has 13 heavy (non-hydrogen) atoms. The Bertz CT molecular complexity index is 524. The summed E-state index contributed by atoms with van der Waals surface area (Å²) in [5, 5.41) is 0.845. The maximum atomic E-state index is 11.7. The zero-order valence-electron chi connectivity index (χ0n) is 7.87. The standard InChI is InChI=1S/C9H11N2OS/c1-6-4-5-10(2)9-7(6)8(12)11(3)13-9/h4-5H,1-3H3/q+1. The number of pyridine rings is 1. The maximum absolute atomic E-state index is 11.7. The fourth-order valence-electron chi connectivity index (χ4n) is 1.42. The van der Waals surface area contributed by atoms with Crippen LogP contribution >= 0.6 is 11.5 Å². The largest absolute Gasteiger partial charge is 0.290 e. The van der Waals surface area contributed by atoms with Gasteiger partial charge in [-0.15, -0.1) is 0 Å². The van der Waals surface area contributed by atoms with Crippen molar-refractivity contribution in [3.05, 3.63) is 28.2 Å². The first kappa shape index (κ1) is 8.44. The molecule has 0 radical (unpaired) electrons. The second kappa shape index (κ2) is 2.67. The van der Waals surface area contributed by atoms with Crippen molar-refractivity contribution in [1.82, 2.24) is 3.96 Å². The summed E-state index contributed by atoms with van der Waals surface area (Å²) < 4.78 is 3.64. The van der Waals surface area contributed by atoms with Crippen LogP contribution in [0.1, 0.15) is 5.56 Å². The van der Waals surface area contributed by atoms with E-state index >= 15 is 0 Å². The molecule has 0 atom stereocenters. The number of aryl methyl sites for hydroxylation is 3. The van der Waals surface area contributed by atoms with E-state index in [1.165, 1.54) is 11.5 Å². The van der Waals surface area contributed by atoms with Gasteiger partial charge in [-0.3, -0.25) is 8.75 Å². The molecule has 0 aliphatic rings. The lowest BCUT2D eigenvalue weighted by atomic mass is 10.2. The quantitative estimate of drug-likeness (QED) is 0.569. The van der Waals surface area contributed by atoms with Crippen molar-refractivity contribution in [2.24, 2.45) is 14.1 Å². The lowest BCUT2D eigenvalue weighted by Crippen LogP contribution is -2.27. The molecule has 0 fully saturated rings. The van der Waals surface area contributed by atoms with Crippen LogP contribution in [0.15, 0.2) is 17.1 Å². The molecule has 0 N–H and O–H groups in total. The minimum atomic E-state index is 0.105. The molecule has 4 heteroatoms. The molecule has 3 nitrogen and oxygen atoms in total. The van der Waals surface area contributed by atoms with Crippen molar-refractivity contribution >= 4 is 21.7 Å². The Morgan fingerprint density at radius 3 is 2.85 bits per heavy atom. The second-order valence-corrected chi connectivity index (χ2v) is 4.30. The predicted octanol–water partition coefficient (Wildman–Crippen LogP) is 0.733. The van der Waals surface area contributed by atoms with Crippen molar-refractivity contribution in [2.75, 3.05) is 0 Å². The lowest BCUT2D eigenvalue weighted by Gasteiger charge is -1.90. The molecule has 2 rings (SSSR count). The summed E-state index contributed by atoms with van der Waals surface area (Å²) in [6.45, 7) is 1.97. The van der Waals surface area contributed by atoms with Gasteiger partial charge in [-0.2, -0.15) is 4.57 Å². The maximum Gasteiger partial charge on any atom is 0.290 e. The monoisotopic (exact) mass is 195 g/mol. The van der Waals surface area contributed by atoms with Crippen molar-refractivity contribution in [3.8, 4) is 0 Å². The van der Waals surface area contributed by atoms with Gasteiger partial charge in [0.15, 0.2) is 6.20 Å². The van der Waals surface area contributed by atoms with Gasteiger partial charge in [-0.05, 0) is 12.5 Å². The lowest BCUT2D eigenvalue weighted by molar-refractivity contribution is -0.642. The van der Waals surface area contributed by atoms with Gasteiger partial charge in [-0.25, -0.2) is 0 Å². The fraction of sp³-hybridized carbons (Fsp3) is 0.333. The first-order valence-corrected chi connectivity index (χ1v) is 4.84. The molecular formula is C9H11N2OS+. The van der Waals surface area contributed by atoms with Gasteiger partial charge in [0.2, 0.25) is 0 Å². The molecule has 2 heterocycles. The summed E-state index contributed by atoms with van der Waals surface area (Å²) in [5.74, 6) is 0. The van der Waals surface area contributed by atoms with Gasteiger partial charge < -0.3 is 0 Å². The van der Waals surface area contributed by atoms with E-state index < -0.39 is 0 Å². The Balaban J connectivity index is 3.09. The van der Waals surface area contributed by atoms with E-state index in [1.807, 2.05) is 30.8 Å². The van der Waals surface area contributed by atoms with Crippen molar-refractivity contribution in [2.45, 2.75) is 6.92 Å². The van der Waals surface area contributed by atoms with Crippen LogP contribution in [0.2, 0.25) is 0 Å². The minimum Gasteiger partial charge on any atom is -0.267 e. The molecule has 0 aromatic carbocycles. The van der Waals surface area contributed by atoms with Gasteiger partial charge in [0.25, 0.3) is 10.4 Å². The highest BCUT2D eigenvalue weighted by Gasteiger charge is 2.15. The highest BCUT2D eigenvalue weighted by Crippen LogP contribution is 2.14. The number of hydrogen-bond acceptors (Lipinski definition) is 2. The number of hydrogen-bond donors (Lipinski definition) is 0. The van der Waals surface area contributed by atoms with Crippen LogP contribution in [0.3, 0.4) is 0 Å². The van der Waals surface area contributed by atoms with Crippen LogP contribution in [0.4, 0.5) is 0 Å². The first-order chi connectivity index (χ1) is 6.11. The van der Waals surface area contributed by atoms with Crippen LogP contribution in [0.5, 0.6) is 0 Å². The highest BCUT2D eigenvalue weighted by molar-refractivity contribution is 7.12. The summed E-state index contributed by atoms with van der Waals surface area (Å²) >= 11 is 1.49. The van der Waals surface area contributed by atoms with Gasteiger partial charge in [0, 0.05) is 24.6 Å². The molecule has 0 saturated heterocycles. The van der Waals surface area contributed by atoms with E-state index in [0.29, 0.717) is 0 Å². The number of aromatic nitrogens is 2. The average Bonchev–Trinajstić information content (AvgIpc) is 2.38. The van der Waals surface area contributed by atoms with Gasteiger partial charge in [0.1, 0.15) is 12.4 Å². The third kappa shape index (κ3) is 1.09. The van der Waals surface area contributed by atoms with E-state index in [-0.39, 0.29) is 5.56 Å². The van der Waals surface area contributed by atoms with Crippen molar-refractivity contribution in [3.63, 3.8) is 0 Å². The number of fused-ring (bicyclic) bond motifs is 1. The summed E-state index contributed by atoms with van der Waals surface area (Å²) in [5.41, 5.74) is 1.16. The Labute approximate surface area is 80.0 Å². The topological polar surface area (TPSA) is 25.9 Å². The SMILES string of the molecule is Cc1cc[n+](C)c2sn(C)c(=O)c12. The highest BCUT2D eigenvalue weighted by atomic mass is 32.1. The molecule has 0 saturated carbocycles. The van der Waals surface area contributed by atoms with E-state index in [0.717, 1.165) is 15.8 Å². The second-order valence-electron chi connectivity index (χ2n) is 3.18. The molecule has 0 amide bonds. The molecule has 0 aliphatic heterocycles. The summed E-state index contributed by atoms with van der Waals surface area (Å²) in [7, 11) is 3.75.